The van der Waals surface area contributed by atoms with Gasteiger partial charge >= 0.3 is 0 Å². The van der Waals surface area contributed by atoms with E-state index in [2.05, 4.69) is 13.0 Å². The number of rotatable bonds is 2. The van der Waals surface area contributed by atoms with Crippen LogP contribution in [-0.4, -0.2) is 0 Å². The first-order valence-electron chi connectivity index (χ1n) is 5.45. The van der Waals surface area contributed by atoms with Crippen LogP contribution >= 0.6 is 11.6 Å². The summed E-state index contributed by atoms with van der Waals surface area (Å²) in [5.41, 5.74) is 10.0. The summed E-state index contributed by atoms with van der Waals surface area (Å²) >= 11 is 5.83. The molecule has 2 rings (SSSR count). The van der Waals surface area contributed by atoms with Gasteiger partial charge in [0.2, 0.25) is 0 Å². The molecule has 0 spiro atoms. The van der Waals surface area contributed by atoms with E-state index in [-0.39, 0.29) is 0 Å². The van der Waals surface area contributed by atoms with E-state index in [1.807, 2.05) is 48.6 Å². The van der Waals surface area contributed by atoms with Gasteiger partial charge in [0.1, 0.15) is 0 Å². The number of hydrogen-bond acceptors (Lipinski definition) is 1. The van der Waals surface area contributed by atoms with Crippen molar-refractivity contribution < 1.29 is 0 Å². The van der Waals surface area contributed by atoms with Gasteiger partial charge in [-0.1, -0.05) is 47.5 Å². The zero-order chi connectivity index (χ0) is 12.3. The maximum Gasteiger partial charge on any atom is 0.0406 e. The number of nitrogen functional groups attached to an aromatic ring is 1. The second-order valence-electron chi connectivity index (χ2n) is 4.02. The molecule has 2 aromatic carbocycles. The second-order valence-corrected chi connectivity index (χ2v) is 4.45. The minimum atomic E-state index is 0.747. The predicted octanol–water partition coefficient (Wildman–Crippen LogP) is 4.40. The molecule has 17 heavy (non-hydrogen) atoms. The first-order valence-corrected chi connectivity index (χ1v) is 5.83. The molecule has 0 atom stereocenters. The fourth-order valence-corrected chi connectivity index (χ4v) is 1.72. The van der Waals surface area contributed by atoms with Crippen LogP contribution in [0, 0.1) is 6.92 Å². The van der Waals surface area contributed by atoms with Crippen molar-refractivity contribution in [2.24, 2.45) is 0 Å². The van der Waals surface area contributed by atoms with Gasteiger partial charge < -0.3 is 5.73 Å². The molecule has 0 saturated carbocycles. The third kappa shape index (κ3) is 3.11. The first-order chi connectivity index (χ1) is 8.15. The monoisotopic (exact) mass is 243 g/mol. The second kappa shape index (κ2) is 5.07. The van der Waals surface area contributed by atoms with Crippen LogP contribution in [0.3, 0.4) is 0 Å². The molecule has 0 aromatic heterocycles. The summed E-state index contributed by atoms with van der Waals surface area (Å²) in [5.74, 6) is 0. The SMILES string of the molecule is Cc1ccc(N)c(C=Cc2ccc(Cl)cc2)c1. The summed E-state index contributed by atoms with van der Waals surface area (Å²) in [6.45, 7) is 2.05. The summed E-state index contributed by atoms with van der Waals surface area (Å²) in [4.78, 5) is 0. The Morgan fingerprint density at radius 3 is 2.41 bits per heavy atom. The van der Waals surface area contributed by atoms with E-state index in [4.69, 9.17) is 17.3 Å². The third-order valence-corrected chi connectivity index (χ3v) is 2.82. The molecular formula is C15H14ClN. The van der Waals surface area contributed by atoms with E-state index in [0.29, 0.717) is 0 Å². The molecule has 2 aromatic rings. The molecule has 86 valence electrons. The Hall–Kier alpha value is -1.73. The van der Waals surface area contributed by atoms with Gasteiger partial charge in [-0.05, 0) is 42.3 Å². The number of aryl methyl sites for hydroxylation is 1. The van der Waals surface area contributed by atoms with Crippen molar-refractivity contribution >= 4 is 29.4 Å². The van der Waals surface area contributed by atoms with E-state index >= 15 is 0 Å². The van der Waals surface area contributed by atoms with Gasteiger partial charge in [-0.25, -0.2) is 0 Å². The fraction of sp³-hybridized carbons (Fsp3) is 0.0667. The summed E-state index contributed by atoms with van der Waals surface area (Å²) in [5, 5.41) is 0.747. The van der Waals surface area contributed by atoms with Crippen LogP contribution < -0.4 is 5.73 Å². The maximum absolute atomic E-state index is 5.91. The topological polar surface area (TPSA) is 26.0 Å². The van der Waals surface area contributed by atoms with Gasteiger partial charge in [0.25, 0.3) is 0 Å². The lowest BCUT2D eigenvalue weighted by Crippen LogP contribution is -1.89. The van der Waals surface area contributed by atoms with Crippen molar-refractivity contribution in [3.8, 4) is 0 Å². The van der Waals surface area contributed by atoms with Crippen LogP contribution in [0.25, 0.3) is 12.2 Å². The summed E-state index contributed by atoms with van der Waals surface area (Å²) in [7, 11) is 0. The molecule has 2 N–H and O–H groups in total. The summed E-state index contributed by atoms with van der Waals surface area (Å²) in [6, 6.07) is 13.7. The fourth-order valence-electron chi connectivity index (χ4n) is 1.60. The molecule has 0 radical (unpaired) electrons. The highest BCUT2D eigenvalue weighted by molar-refractivity contribution is 6.30. The van der Waals surface area contributed by atoms with Crippen molar-refractivity contribution in [1.29, 1.82) is 0 Å². The Balaban J connectivity index is 2.25. The van der Waals surface area contributed by atoms with Gasteiger partial charge in [-0.15, -0.1) is 0 Å². The quantitative estimate of drug-likeness (QED) is 0.614. The maximum atomic E-state index is 5.91. The molecular weight excluding hydrogens is 230 g/mol. The minimum Gasteiger partial charge on any atom is -0.398 e. The smallest absolute Gasteiger partial charge is 0.0406 e. The van der Waals surface area contributed by atoms with Crippen LogP contribution in [-0.2, 0) is 0 Å². The number of anilines is 1. The van der Waals surface area contributed by atoms with Crippen molar-refractivity contribution in [2.45, 2.75) is 6.92 Å². The molecule has 0 aliphatic heterocycles. The molecule has 0 fully saturated rings. The van der Waals surface area contributed by atoms with Crippen LogP contribution in [0.15, 0.2) is 42.5 Å². The molecule has 0 aliphatic carbocycles. The number of halogens is 1. The van der Waals surface area contributed by atoms with Gasteiger partial charge in [0, 0.05) is 10.7 Å². The largest absolute Gasteiger partial charge is 0.398 e. The summed E-state index contributed by atoms with van der Waals surface area (Å²) in [6.07, 6.45) is 4.05. The first kappa shape index (κ1) is 11.7. The minimum absolute atomic E-state index is 0.747. The highest BCUT2D eigenvalue weighted by Crippen LogP contribution is 2.18. The van der Waals surface area contributed by atoms with Crippen molar-refractivity contribution in [1.82, 2.24) is 0 Å². The number of hydrogen-bond donors (Lipinski definition) is 1. The van der Waals surface area contributed by atoms with Crippen molar-refractivity contribution in [3.63, 3.8) is 0 Å². The van der Waals surface area contributed by atoms with Crippen LogP contribution in [0.1, 0.15) is 16.7 Å². The average Bonchev–Trinajstić information content (AvgIpc) is 2.32. The highest BCUT2D eigenvalue weighted by atomic mass is 35.5. The molecule has 0 unspecified atom stereocenters. The number of nitrogens with two attached hydrogens (primary N) is 1. The van der Waals surface area contributed by atoms with Crippen molar-refractivity contribution in [3.05, 3.63) is 64.2 Å². The Labute approximate surface area is 107 Å². The molecule has 0 saturated heterocycles. The Morgan fingerprint density at radius 1 is 1.00 bits per heavy atom. The predicted molar refractivity (Wildman–Crippen MR) is 76.0 cm³/mol. The zero-order valence-electron chi connectivity index (χ0n) is 9.65. The van der Waals surface area contributed by atoms with Gasteiger partial charge in [-0.2, -0.15) is 0 Å². The van der Waals surface area contributed by atoms with Gasteiger partial charge in [-0.3, -0.25) is 0 Å². The normalized spacial score (nSPS) is 10.9. The lowest BCUT2D eigenvalue weighted by atomic mass is 10.1. The van der Waals surface area contributed by atoms with Gasteiger partial charge in [0.15, 0.2) is 0 Å². The molecule has 0 aliphatic rings. The van der Waals surface area contributed by atoms with E-state index in [1.54, 1.807) is 0 Å². The molecule has 1 nitrogen and oxygen atoms in total. The zero-order valence-corrected chi connectivity index (χ0v) is 10.4. The molecule has 2 heteroatoms. The van der Waals surface area contributed by atoms with Crippen molar-refractivity contribution in [2.75, 3.05) is 5.73 Å². The average molecular weight is 244 g/mol. The lowest BCUT2D eigenvalue weighted by molar-refractivity contribution is 1.46. The third-order valence-electron chi connectivity index (χ3n) is 2.57. The number of benzene rings is 2. The Morgan fingerprint density at radius 2 is 1.71 bits per heavy atom. The van der Waals surface area contributed by atoms with Crippen LogP contribution in [0.4, 0.5) is 5.69 Å². The van der Waals surface area contributed by atoms with E-state index in [9.17, 15) is 0 Å². The highest BCUT2D eigenvalue weighted by Gasteiger charge is 1.95. The Bertz CT molecular complexity index is 541. The van der Waals surface area contributed by atoms with Gasteiger partial charge in [0.05, 0.1) is 0 Å². The van der Waals surface area contributed by atoms with E-state index in [0.717, 1.165) is 21.8 Å². The standard InChI is InChI=1S/C15H14ClN/c1-11-2-9-15(17)13(10-11)6-3-12-4-7-14(16)8-5-12/h2-10H,17H2,1H3. The lowest BCUT2D eigenvalue weighted by Gasteiger charge is -2.01. The van der Waals surface area contributed by atoms with E-state index in [1.165, 1.54) is 5.56 Å². The van der Waals surface area contributed by atoms with E-state index < -0.39 is 0 Å². The molecule has 0 heterocycles. The van der Waals surface area contributed by atoms with Crippen LogP contribution in [0.2, 0.25) is 5.02 Å². The summed E-state index contributed by atoms with van der Waals surface area (Å²) < 4.78 is 0. The molecule has 0 amide bonds. The van der Waals surface area contributed by atoms with Crippen LogP contribution in [0.5, 0.6) is 0 Å². The molecule has 0 bridgehead atoms. The Kier molecular flexibility index (Phi) is 3.50.